The average molecular weight is 373 g/mol. The lowest BCUT2D eigenvalue weighted by atomic mass is 10.1. The predicted octanol–water partition coefficient (Wildman–Crippen LogP) is 3.45. The molecule has 0 unspecified atom stereocenters. The lowest BCUT2D eigenvalue weighted by Crippen LogP contribution is -2.49. The molecule has 2 aromatic carbocycles. The van der Waals surface area contributed by atoms with Crippen LogP contribution < -0.4 is 15.4 Å². The van der Waals surface area contributed by atoms with E-state index in [0.29, 0.717) is 21.3 Å². The molecule has 2 heterocycles. The van der Waals surface area contributed by atoms with Gasteiger partial charge in [-0.3, -0.25) is 14.5 Å². The van der Waals surface area contributed by atoms with Gasteiger partial charge in [0.05, 0.1) is 17.1 Å². The monoisotopic (exact) mass is 372 g/mol. The van der Waals surface area contributed by atoms with Crippen molar-refractivity contribution >= 4 is 50.5 Å². The SMILES string of the molecule is NC(=O)[C@H]1CN(C(=O)c2cc3c(Cl)cccc3s2)c2ccccc2O1. The smallest absolute Gasteiger partial charge is 0.268 e. The highest BCUT2D eigenvalue weighted by molar-refractivity contribution is 7.21. The van der Waals surface area contributed by atoms with Gasteiger partial charge in [0.15, 0.2) is 6.10 Å². The number of thiophene rings is 1. The Balaban J connectivity index is 1.77. The van der Waals surface area contributed by atoms with E-state index in [4.69, 9.17) is 22.1 Å². The maximum Gasteiger partial charge on any atom is 0.268 e. The van der Waals surface area contributed by atoms with Crippen LogP contribution in [-0.4, -0.2) is 24.5 Å². The fourth-order valence-electron chi connectivity index (χ4n) is 2.84. The van der Waals surface area contributed by atoms with Gasteiger partial charge in [0.25, 0.3) is 11.8 Å². The lowest BCUT2D eigenvalue weighted by molar-refractivity contribution is -0.124. The summed E-state index contributed by atoms with van der Waals surface area (Å²) in [4.78, 5) is 26.8. The summed E-state index contributed by atoms with van der Waals surface area (Å²) in [6.45, 7) is 0.0765. The molecule has 0 saturated carbocycles. The highest BCUT2D eigenvalue weighted by Gasteiger charge is 2.33. The van der Waals surface area contributed by atoms with Crippen molar-refractivity contribution in [3.05, 3.63) is 58.4 Å². The molecule has 0 bridgehead atoms. The van der Waals surface area contributed by atoms with E-state index in [9.17, 15) is 9.59 Å². The number of nitrogens with zero attached hydrogens (tertiary/aromatic N) is 1. The van der Waals surface area contributed by atoms with Crippen LogP contribution in [0, 0.1) is 0 Å². The molecular formula is C18H13ClN2O3S. The van der Waals surface area contributed by atoms with Crippen molar-refractivity contribution < 1.29 is 14.3 Å². The topological polar surface area (TPSA) is 72.6 Å². The number of nitrogens with two attached hydrogens (primary N) is 1. The molecule has 2 N–H and O–H groups in total. The Morgan fingerprint density at radius 3 is 2.76 bits per heavy atom. The van der Waals surface area contributed by atoms with Gasteiger partial charge in [-0.15, -0.1) is 11.3 Å². The van der Waals surface area contributed by atoms with E-state index in [2.05, 4.69) is 0 Å². The third-order valence-corrected chi connectivity index (χ3v) is 5.47. The van der Waals surface area contributed by atoms with Crippen molar-refractivity contribution in [3.63, 3.8) is 0 Å². The second-order valence-electron chi connectivity index (χ2n) is 5.65. The molecule has 0 aliphatic carbocycles. The summed E-state index contributed by atoms with van der Waals surface area (Å²) in [5.74, 6) is -0.351. The maximum atomic E-state index is 13.1. The van der Waals surface area contributed by atoms with Gasteiger partial charge < -0.3 is 10.5 Å². The third kappa shape index (κ3) is 2.73. The number of anilines is 1. The molecule has 2 amide bonds. The summed E-state index contributed by atoms with van der Waals surface area (Å²) in [6.07, 6.45) is -0.878. The van der Waals surface area contributed by atoms with Gasteiger partial charge in [0.1, 0.15) is 5.75 Å². The largest absolute Gasteiger partial charge is 0.477 e. The van der Waals surface area contributed by atoms with Crippen LogP contribution in [-0.2, 0) is 4.79 Å². The van der Waals surface area contributed by atoms with Gasteiger partial charge in [-0.1, -0.05) is 29.8 Å². The second kappa shape index (κ2) is 6.06. The summed E-state index contributed by atoms with van der Waals surface area (Å²) in [5.41, 5.74) is 6.01. The van der Waals surface area contributed by atoms with Crippen LogP contribution >= 0.6 is 22.9 Å². The minimum Gasteiger partial charge on any atom is -0.477 e. The van der Waals surface area contributed by atoms with Crippen LogP contribution in [0.15, 0.2) is 48.5 Å². The molecule has 126 valence electrons. The minimum atomic E-state index is -0.878. The van der Waals surface area contributed by atoms with E-state index in [-0.39, 0.29) is 12.5 Å². The number of fused-ring (bicyclic) bond motifs is 2. The van der Waals surface area contributed by atoms with Gasteiger partial charge in [-0.2, -0.15) is 0 Å². The number of ether oxygens (including phenoxy) is 1. The third-order valence-electron chi connectivity index (χ3n) is 4.06. The highest BCUT2D eigenvalue weighted by atomic mass is 35.5. The van der Waals surface area contributed by atoms with Crippen LogP contribution in [0.25, 0.3) is 10.1 Å². The van der Waals surface area contributed by atoms with Crippen LogP contribution in [0.3, 0.4) is 0 Å². The van der Waals surface area contributed by atoms with Gasteiger partial charge in [-0.05, 0) is 30.3 Å². The molecule has 25 heavy (non-hydrogen) atoms. The normalized spacial score (nSPS) is 16.4. The molecule has 0 spiro atoms. The molecular weight excluding hydrogens is 360 g/mol. The number of amides is 2. The Labute approximate surface area is 152 Å². The van der Waals surface area contributed by atoms with Gasteiger partial charge in [0.2, 0.25) is 0 Å². The Morgan fingerprint density at radius 1 is 1.20 bits per heavy atom. The van der Waals surface area contributed by atoms with Crippen molar-refractivity contribution in [2.45, 2.75) is 6.10 Å². The van der Waals surface area contributed by atoms with Crippen molar-refractivity contribution in [3.8, 4) is 5.75 Å². The quantitative estimate of drug-likeness (QED) is 0.748. The molecule has 5 nitrogen and oxygen atoms in total. The number of carbonyl (C=O) groups is 2. The van der Waals surface area contributed by atoms with Crippen LogP contribution in [0.4, 0.5) is 5.69 Å². The molecule has 3 aromatic rings. The van der Waals surface area contributed by atoms with E-state index in [1.807, 2.05) is 18.2 Å². The van der Waals surface area contributed by atoms with Crippen LogP contribution in [0.2, 0.25) is 5.02 Å². The standard InChI is InChI=1S/C18H13ClN2O3S/c19-11-4-3-7-15-10(11)8-16(25-15)18(23)21-9-14(17(20)22)24-13-6-2-1-5-12(13)21/h1-8,14H,9H2,(H2,20,22)/t14-/m1/s1. The van der Waals surface area contributed by atoms with E-state index in [0.717, 1.165) is 10.1 Å². The summed E-state index contributed by atoms with van der Waals surface area (Å²) < 4.78 is 6.54. The van der Waals surface area contributed by atoms with Crippen LogP contribution in [0.1, 0.15) is 9.67 Å². The molecule has 7 heteroatoms. The van der Waals surface area contributed by atoms with Crippen molar-refractivity contribution in [2.75, 3.05) is 11.4 Å². The van der Waals surface area contributed by atoms with Crippen LogP contribution in [0.5, 0.6) is 5.75 Å². The number of halogens is 1. The highest BCUT2D eigenvalue weighted by Crippen LogP contribution is 2.37. The zero-order valence-electron chi connectivity index (χ0n) is 12.9. The molecule has 0 radical (unpaired) electrons. The van der Waals surface area contributed by atoms with Gasteiger partial charge in [0, 0.05) is 15.1 Å². The second-order valence-corrected chi connectivity index (χ2v) is 7.15. The van der Waals surface area contributed by atoms with Crippen molar-refractivity contribution in [2.24, 2.45) is 5.73 Å². The minimum absolute atomic E-state index is 0.0765. The van der Waals surface area contributed by atoms with E-state index < -0.39 is 12.0 Å². The van der Waals surface area contributed by atoms with E-state index in [1.165, 1.54) is 16.2 Å². The van der Waals surface area contributed by atoms with Gasteiger partial charge in [-0.25, -0.2) is 0 Å². The van der Waals surface area contributed by atoms with Gasteiger partial charge >= 0.3 is 0 Å². The fourth-order valence-corrected chi connectivity index (χ4v) is 4.16. The van der Waals surface area contributed by atoms with E-state index in [1.54, 1.807) is 30.3 Å². The summed E-state index contributed by atoms with van der Waals surface area (Å²) >= 11 is 7.57. The van der Waals surface area contributed by atoms with E-state index >= 15 is 0 Å². The zero-order valence-corrected chi connectivity index (χ0v) is 14.5. The molecule has 1 aromatic heterocycles. The van der Waals surface area contributed by atoms with Crippen molar-refractivity contribution in [1.29, 1.82) is 0 Å². The molecule has 0 saturated heterocycles. The predicted molar refractivity (Wildman–Crippen MR) is 98.6 cm³/mol. The number of para-hydroxylation sites is 2. The molecule has 1 aliphatic rings. The lowest BCUT2D eigenvalue weighted by Gasteiger charge is -2.33. The first-order valence-corrected chi connectivity index (χ1v) is 8.79. The number of hydrogen-bond acceptors (Lipinski definition) is 4. The number of rotatable bonds is 2. The van der Waals surface area contributed by atoms with Crippen molar-refractivity contribution in [1.82, 2.24) is 0 Å². The Hall–Kier alpha value is -2.57. The molecule has 1 aliphatic heterocycles. The number of primary amides is 1. The Morgan fingerprint density at radius 2 is 2.00 bits per heavy atom. The number of carbonyl (C=O) groups excluding carboxylic acids is 2. The molecule has 1 atom stereocenters. The maximum absolute atomic E-state index is 13.1. The summed E-state index contributed by atoms with van der Waals surface area (Å²) in [6, 6.07) is 14.4. The molecule has 4 rings (SSSR count). The first-order valence-electron chi connectivity index (χ1n) is 7.59. The summed E-state index contributed by atoms with van der Waals surface area (Å²) in [7, 11) is 0. The first kappa shape index (κ1) is 15.9. The Kier molecular flexibility index (Phi) is 3.86. The summed E-state index contributed by atoms with van der Waals surface area (Å²) in [5, 5.41) is 1.44. The first-order chi connectivity index (χ1) is 12.0. The molecule has 0 fully saturated rings. The Bertz CT molecular complexity index is 1000. The average Bonchev–Trinajstić information content (AvgIpc) is 3.06. The fraction of sp³-hybridized carbons (Fsp3) is 0.111. The number of hydrogen-bond donors (Lipinski definition) is 1. The number of benzene rings is 2. The zero-order chi connectivity index (χ0) is 17.6.